The summed E-state index contributed by atoms with van der Waals surface area (Å²) in [6.45, 7) is 1.36. The molecule has 0 bridgehead atoms. The van der Waals surface area contributed by atoms with Crippen LogP contribution in [-0.4, -0.2) is 26.9 Å². The van der Waals surface area contributed by atoms with E-state index in [-0.39, 0.29) is 13.2 Å². The van der Waals surface area contributed by atoms with Gasteiger partial charge in [-0.2, -0.15) is 18.3 Å². The van der Waals surface area contributed by atoms with Gasteiger partial charge in [-0.1, -0.05) is 0 Å². The molecule has 2 aromatic heterocycles. The number of hydrogen-bond donors (Lipinski definition) is 0. The first kappa shape index (κ1) is 16.8. The molecule has 0 spiro atoms. The first-order valence-electron chi connectivity index (χ1n) is 6.69. The van der Waals surface area contributed by atoms with Gasteiger partial charge >= 0.3 is 12.1 Å². The Bertz CT molecular complexity index is 778. The summed E-state index contributed by atoms with van der Waals surface area (Å²) in [5, 5.41) is 4.05. The fourth-order valence-corrected chi connectivity index (χ4v) is 2.02. The average molecular weight is 329 g/mol. The fraction of sp³-hybridized carbons (Fsp3) is 0.357. The van der Waals surface area contributed by atoms with Gasteiger partial charge in [-0.05, 0) is 13.0 Å². The standard InChI is InChI=1S/C14H14F3N3O3/c1-3-23-13(22)10-8-20(7-9-4-5-19(2)18-9)12(21)6-11(10)14(15,16)17/h4-6,8H,3,7H2,1-2H3. The Balaban J connectivity index is 2.51. The van der Waals surface area contributed by atoms with Crippen molar-refractivity contribution in [2.24, 2.45) is 7.05 Å². The fourth-order valence-electron chi connectivity index (χ4n) is 2.02. The number of carbonyl (C=O) groups excluding carboxylic acids is 1. The molecular formula is C14H14F3N3O3. The summed E-state index contributed by atoms with van der Waals surface area (Å²) in [6, 6.07) is 2.02. The summed E-state index contributed by atoms with van der Waals surface area (Å²) in [5.74, 6) is -1.13. The van der Waals surface area contributed by atoms with Crippen LogP contribution in [0, 0.1) is 0 Å². The van der Waals surface area contributed by atoms with E-state index in [1.165, 1.54) is 11.6 Å². The molecule has 0 saturated carbocycles. The number of esters is 1. The number of rotatable bonds is 4. The molecule has 2 rings (SSSR count). The average Bonchev–Trinajstić information content (AvgIpc) is 2.85. The van der Waals surface area contributed by atoms with Crippen LogP contribution in [-0.2, 0) is 24.5 Å². The predicted molar refractivity (Wildman–Crippen MR) is 74.0 cm³/mol. The molecule has 0 unspecified atom stereocenters. The minimum Gasteiger partial charge on any atom is -0.462 e. The van der Waals surface area contributed by atoms with Crippen LogP contribution in [0.15, 0.2) is 29.3 Å². The van der Waals surface area contributed by atoms with E-state index in [0.717, 1.165) is 10.8 Å². The lowest BCUT2D eigenvalue weighted by atomic mass is 10.1. The Morgan fingerprint density at radius 2 is 2.09 bits per heavy atom. The topological polar surface area (TPSA) is 66.1 Å². The Hall–Kier alpha value is -2.58. The molecule has 6 nitrogen and oxygen atoms in total. The minimum absolute atomic E-state index is 0.0514. The number of alkyl halides is 3. The van der Waals surface area contributed by atoms with Crippen molar-refractivity contribution in [3.8, 4) is 0 Å². The second kappa shape index (κ2) is 6.27. The lowest BCUT2D eigenvalue weighted by Gasteiger charge is -2.14. The first-order chi connectivity index (χ1) is 10.7. The van der Waals surface area contributed by atoms with E-state index in [1.807, 2.05) is 0 Å². The van der Waals surface area contributed by atoms with E-state index in [9.17, 15) is 22.8 Å². The predicted octanol–water partition coefficient (Wildman–Crippen LogP) is 1.83. The highest BCUT2D eigenvalue weighted by Gasteiger charge is 2.36. The van der Waals surface area contributed by atoms with E-state index in [0.29, 0.717) is 11.8 Å². The summed E-state index contributed by atoms with van der Waals surface area (Å²) in [6.07, 6.45) is -2.33. The zero-order valence-electron chi connectivity index (χ0n) is 12.4. The second-order valence-corrected chi connectivity index (χ2v) is 4.77. The van der Waals surface area contributed by atoms with Gasteiger partial charge in [0.2, 0.25) is 0 Å². The first-order valence-corrected chi connectivity index (χ1v) is 6.69. The molecule has 0 atom stereocenters. The van der Waals surface area contributed by atoms with E-state index in [4.69, 9.17) is 0 Å². The molecule has 2 heterocycles. The Morgan fingerprint density at radius 3 is 2.61 bits per heavy atom. The van der Waals surface area contributed by atoms with Crippen molar-refractivity contribution in [1.29, 1.82) is 0 Å². The second-order valence-electron chi connectivity index (χ2n) is 4.77. The smallest absolute Gasteiger partial charge is 0.417 e. The molecule has 0 saturated heterocycles. The van der Waals surface area contributed by atoms with Gasteiger partial charge in [0, 0.05) is 25.5 Å². The molecule has 0 amide bonds. The van der Waals surface area contributed by atoms with Gasteiger partial charge in [-0.3, -0.25) is 9.48 Å². The van der Waals surface area contributed by atoms with Crippen LogP contribution in [0.3, 0.4) is 0 Å². The maximum absolute atomic E-state index is 13.0. The molecule has 9 heteroatoms. The molecule has 0 aliphatic heterocycles. The number of pyridine rings is 1. The molecule has 0 radical (unpaired) electrons. The van der Waals surface area contributed by atoms with Crippen LogP contribution in [0.2, 0.25) is 0 Å². The Kier molecular flexibility index (Phi) is 4.57. The van der Waals surface area contributed by atoms with Gasteiger partial charge < -0.3 is 9.30 Å². The molecule has 0 aliphatic carbocycles. The van der Waals surface area contributed by atoms with Crippen molar-refractivity contribution in [3.63, 3.8) is 0 Å². The highest BCUT2D eigenvalue weighted by Crippen LogP contribution is 2.31. The summed E-state index contributed by atoms with van der Waals surface area (Å²) >= 11 is 0. The molecular weight excluding hydrogens is 315 g/mol. The van der Waals surface area contributed by atoms with Crippen LogP contribution in [0.1, 0.15) is 28.5 Å². The highest BCUT2D eigenvalue weighted by molar-refractivity contribution is 5.91. The molecule has 0 N–H and O–H groups in total. The van der Waals surface area contributed by atoms with Crippen molar-refractivity contribution < 1.29 is 22.7 Å². The van der Waals surface area contributed by atoms with E-state index < -0.39 is 28.8 Å². The number of hydrogen-bond acceptors (Lipinski definition) is 4. The van der Waals surface area contributed by atoms with E-state index in [1.54, 1.807) is 19.3 Å². The molecule has 23 heavy (non-hydrogen) atoms. The SMILES string of the molecule is CCOC(=O)c1cn(Cc2ccn(C)n2)c(=O)cc1C(F)(F)F. The quantitative estimate of drug-likeness (QED) is 0.803. The molecule has 124 valence electrons. The van der Waals surface area contributed by atoms with Crippen molar-refractivity contribution in [3.05, 3.63) is 51.7 Å². The Morgan fingerprint density at radius 1 is 1.39 bits per heavy atom. The van der Waals surface area contributed by atoms with Crippen LogP contribution < -0.4 is 5.56 Å². The normalized spacial score (nSPS) is 11.5. The lowest BCUT2D eigenvalue weighted by Crippen LogP contribution is -2.26. The number of ether oxygens (including phenoxy) is 1. The molecule has 0 aliphatic rings. The third-order valence-electron chi connectivity index (χ3n) is 3.03. The van der Waals surface area contributed by atoms with Gasteiger partial charge in [-0.25, -0.2) is 4.79 Å². The summed E-state index contributed by atoms with van der Waals surface area (Å²) in [7, 11) is 1.67. The molecule has 0 aromatic carbocycles. The summed E-state index contributed by atoms with van der Waals surface area (Å²) in [5.41, 5.74) is -2.41. The third-order valence-corrected chi connectivity index (χ3v) is 3.03. The maximum Gasteiger partial charge on any atom is 0.417 e. The zero-order valence-corrected chi connectivity index (χ0v) is 12.4. The van der Waals surface area contributed by atoms with Gasteiger partial charge in [0.15, 0.2) is 0 Å². The maximum atomic E-state index is 13.0. The summed E-state index contributed by atoms with van der Waals surface area (Å²) < 4.78 is 46.2. The van der Waals surface area contributed by atoms with Crippen LogP contribution in [0.5, 0.6) is 0 Å². The minimum atomic E-state index is -4.83. The number of carbonyl (C=O) groups is 1. The monoisotopic (exact) mass is 329 g/mol. The third kappa shape index (κ3) is 3.79. The Labute approximate surface area is 129 Å². The van der Waals surface area contributed by atoms with Crippen LogP contribution in [0.4, 0.5) is 13.2 Å². The van der Waals surface area contributed by atoms with E-state index in [2.05, 4.69) is 9.84 Å². The summed E-state index contributed by atoms with van der Waals surface area (Å²) in [4.78, 5) is 23.7. The highest BCUT2D eigenvalue weighted by atomic mass is 19.4. The van der Waals surface area contributed by atoms with Crippen LogP contribution >= 0.6 is 0 Å². The number of nitrogens with zero attached hydrogens (tertiary/aromatic N) is 3. The number of aryl methyl sites for hydroxylation is 1. The van der Waals surface area contributed by atoms with Gasteiger partial charge in [0.25, 0.3) is 5.56 Å². The van der Waals surface area contributed by atoms with Gasteiger partial charge in [0.1, 0.15) is 0 Å². The molecule has 2 aromatic rings. The van der Waals surface area contributed by atoms with Crippen molar-refractivity contribution >= 4 is 5.97 Å². The van der Waals surface area contributed by atoms with Gasteiger partial charge in [-0.15, -0.1) is 0 Å². The van der Waals surface area contributed by atoms with E-state index >= 15 is 0 Å². The largest absolute Gasteiger partial charge is 0.462 e. The van der Waals surface area contributed by atoms with Crippen molar-refractivity contribution in [2.75, 3.05) is 6.61 Å². The van der Waals surface area contributed by atoms with Gasteiger partial charge in [0.05, 0.1) is 30.0 Å². The zero-order chi connectivity index (χ0) is 17.2. The van der Waals surface area contributed by atoms with Crippen molar-refractivity contribution in [1.82, 2.24) is 14.3 Å². The van der Waals surface area contributed by atoms with Crippen LogP contribution in [0.25, 0.3) is 0 Å². The number of halogens is 3. The lowest BCUT2D eigenvalue weighted by molar-refractivity contribution is -0.138. The molecule has 0 fully saturated rings. The number of aromatic nitrogens is 3. The van der Waals surface area contributed by atoms with Crippen molar-refractivity contribution in [2.45, 2.75) is 19.6 Å².